The zero-order valence-electron chi connectivity index (χ0n) is 37.3. The number of hydrogen-bond donors (Lipinski definition) is 1. The van der Waals surface area contributed by atoms with Crippen LogP contribution in [0.1, 0.15) is 66.5 Å². The summed E-state index contributed by atoms with van der Waals surface area (Å²) in [6.07, 6.45) is 0. The Morgan fingerprint density at radius 3 is 1.19 bits per heavy atom. The van der Waals surface area contributed by atoms with E-state index in [0.717, 1.165) is 11.9 Å². The van der Waals surface area contributed by atoms with Gasteiger partial charge in [-0.25, -0.2) is 0 Å². The molecule has 2 aromatic heterocycles. The van der Waals surface area contributed by atoms with Gasteiger partial charge >= 0.3 is 0 Å². The number of aromatic nitrogens is 2. The molecule has 0 aliphatic carbocycles. The van der Waals surface area contributed by atoms with Gasteiger partial charge in [-0.3, -0.25) is 0 Å². The molecule has 4 nitrogen and oxygen atoms in total. The van der Waals surface area contributed by atoms with Crippen LogP contribution in [0.15, 0.2) is 133 Å². The summed E-state index contributed by atoms with van der Waals surface area (Å²) in [6.45, 7) is 17.0. The summed E-state index contributed by atoms with van der Waals surface area (Å²) in [5, 5.41) is 8.92. The average molecular weight is 830 g/mol. The number of rotatable bonds is 5. The molecule has 0 saturated carbocycles. The predicted molar refractivity (Wildman–Crippen MR) is 262 cm³/mol. The van der Waals surface area contributed by atoms with Crippen molar-refractivity contribution in [3.05, 3.63) is 145 Å². The van der Waals surface area contributed by atoms with Crippen molar-refractivity contribution in [2.24, 2.45) is 14.1 Å². The van der Waals surface area contributed by atoms with Crippen molar-refractivity contribution < 1.29 is 0 Å². The molecule has 0 bridgehead atoms. The molecule has 0 saturated heterocycles. The molecule has 5 heteroatoms. The summed E-state index contributed by atoms with van der Waals surface area (Å²) in [6, 6.07) is 48.3. The van der Waals surface area contributed by atoms with Gasteiger partial charge in [0, 0.05) is 69.6 Å². The molecule has 0 aliphatic heterocycles. The number of halogens is 1. The van der Waals surface area contributed by atoms with E-state index in [0.29, 0.717) is 0 Å². The van der Waals surface area contributed by atoms with Crippen molar-refractivity contribution in [3.8, 4) is 22.3 Å². The van der Waals surface area contributed by atoms with Crippen molar-refractivity contribution in [2.75, 3.05) is 28.2 Å². The number of aryl methyl sites for hydroxylation is 2. The van der Waals surface area contributed by atoms with Crippen LogP contribution in [-0.2, 0) is 26.0 Å². The van der Waals surface area contributed by atoms with Gasteiger partial charge in [0.25, 0.3) is 0 Å². The summed E-state index contributed by atoms with van der Waals surface area (Å²) < 4.78 is 4.57. The summed E-state index contributed by atoms with van der Waals surface area (Å²) in [4.78, 5) is 2.20. The first-order valence-corrected chi connectivity index (χ1v) is 21.9. The van der Waals surface area contributed by atoms with Crippen LogP contribution in [0.25, 0.3) is 65.9 Å². The SMILES string of the molecule is CC.CC.CC.CC.CN(C)Cc1cccc(-c2ccc3c4ccccc4n(C)c3c2)c1.CNC.Cn1c2ccccc2c2ccc(-c3cccc(CBr)c3)cc21. The lowest BCUT2D eigenvalue weighted by molar-refractivity contribution is 0.402. The number of hydrogen-bond acceptors (Lipinski definition) is 2. The van der Waals surface area contributed by atoms with E-state index in [2.05, 4.69) is 197 Å². The molecule has 0 unspecified atom stereocenters. The first kappa shape index (κ1) is 48.5. The van der Waals surface area contributed by atoms with E-state index in [4.69, 9.17) is 0 Å². The van der Waals surface area contributed by atoms with Gasteiger partial charge in [-0.1, -0.05) is 174 Å². The Bertz CT molecular complexity index is 2360. The normalized spacial score (nSPS) is 10.0. The van der Waals surface area contributed by atoms with E-state index in [1.165, 1.54) is 77.0 Å². The van der Waals surface area contributed by atoms with Gasteiger partial charge in [0.15, 0.2) is 0 Å². The number of benzene rings is 6. The van der Waals surface area contributed by atoms with Gasteiger partial charge in [0.2, 0.25) is 0 Å². The molecule has 2 heterocycles. The van der Waals surface area contributed by atoms with Crippen molar-refractivity contribution in [3.63, 3.8) is 0 Å². The van der Waals surface area contributed by atoms with Gasteiger partial charge in [-0.15, -0.1) is 0 Å². The molecule has 0 spiro atoms. The van der Waals surface area contributed by atoms with Crippen molar-refractivity contribution >= 4 is 59.5 Å². The first-order chi connectivity index (χ1) is 27.8. The maximum atomic E-state index is 3.53. The quantitative estimate of drug-likeness (QED) is 0.175. The minimum atomic E-state index is 0.886. The maximum Gasteiger partial charge on any atom is 0.0494 e. The molecular formula is C52H69BrN4. The number of nitrogens with one attached hydrogen (secondary N) is 1. The van der Waals surface area contributed by atoms with Crippen LogP contribution < -0.4 is 5.32 Å². The minimum absolute atomic E-state index is 0.886. The third-order valence-corrected chi connectivity index (χ3v) is 9.65. The van der Waals surface area contributed by atoms with Crippen LogP contribution in [0.2, 0.25) is 0 Å². The van der Waals surface area contributed by atoms with E-state index >= 15 is 0 Å². The van der Waals surface area contributed by atoms with Crippen LogP contribution in [0.5, 0.6) is 0 Å². The fraction of sp³-hybridized carbons (Fsp3) is 0.308. The molecule has 304 valence electrons. The third-order valence-electron chi connectivity index (χ3n) is 9.00. The molecule has 6 aromatic carbocycles. The highest BCUT2D eigenvalue weighted by Gasteiger charge is 2.11. The highest BCUT2D eigenvalue weighted by molar-refractivity contribution is 9.08. The Morgan fingerprint density at radius 2 is 0.789 bits per heavy atom. The van der Waals surface area contributed by atoms with Crippen LogP contribution >= 0.6 is 15.9 Å². The zero-order chi connectivity index (χ0) is 42.5. The monoisotopic (exact) mass is 828 g/mol. The van der Waals surface area contributed by atoms with E-state index < -0.39 is 0 Å². The average Bonchev–Trinajstić information content (AvgIpc) is 3.73. The third kappa shape index (κ3) is 12.2. The van der Waals surface area contributed by atoms with Gasteiger partial charge < -0.3 is 19.4 Å². The topological polar surface area (TPSA) is 25.1 Å². The van der Waals surface area contributed by atoms with Crippen LogP contribution in [0.4, 0.5) is 0 Å². The lowest BCUT2D eigenvalue weighted by Gasteiger charge is -2.11. The molecule has 0 radical (unpaired) electrons. The molecule has 0 aliphatic rings. The van der Waals surface area contributed by atoms with Crippen LogP contribution in [0.3, 0.4) is 0 Å². The number of alkyl halides is 1. The highest BCUT2D eigenvalue weighted by atomic mass is 79.9. The highest BCUT2D eigenvalue weighted by Crippen LogP contribution is 2.33. The summed E-state index contributed by atoms with van der Waals surface area (Å²) in [5.41, 5.74) is 12.9. The van der Waals surface area contributed by atoms with Crippen LogP contribution in [-0.4, -0.2) is 42.2 Å². The van der Waals surface area contributed by atoms with Gasteiger partial charge in [-0.2, -0.15) is 0 Å². The van der Waals surface area contributed by atoms with Crippen molar-refractivity contribution in [1.82, 2.24) is 19.4 Å². The molecule has 57 heavy (non-hydrogen) atoms. The zero-order valence-corrected chi connectivity index (χ0v) is 38.9. The van der Waals surface area contributed by atoms with E-state index in [9.17, 15) is 0 Å². The van der Waals surface area contributed by atoms with Gasteiger partial charge in [0.1, 0.15) is 0 Å². The van der Waals surface area contributed by atoms with E-state index in [1.807, 2.05) is 69.5 Å². The van der Waals surface area contributed by atoms with Crippen molar-refractivity contribution in [1.29, 1.82) is 0 Å². The molecule has 0 atom stereocenters. The number of fused-ring (bicyclic) bond motifs is 6. The Morgan fingerprint density at radius 1 is 0.439 bits per heavy atom. The summed E-state index contributed by atoms with van der Waals surface area (Å²) in [5.74, 6) is 0. The fourth-order valence-electron chi connectivity index (χ4n) is 6.73. The predicted octanol–water partition coefficient (Wildman–Crippen LogP) is 14.9. The molecule has 8 aromatic rings. The largest absolute Gasteiger partial charge is 0.344 e. The standard InChI is InChI=1S/C22H22N2.C20H16BrN.C2H7N.4C2H6/c1-23(2)15-16-7-6-8-17(13-16)18-11-12-20-19-9-4-5-10-21(19)24(3)22(20)14-18;1-22-19-8-3-2-7-17(19)18-10-9-16(12-20(18)22)15-6-4-5-14(11-15)13-21;1-3-2;4*1-2/h4-14H,15H2,1-3H3;2-12H,13H2,1H3;3H,1-2H3;4*1-2H3. The minimum Gasteiger partial charge on any atom is -0.344 e. The van der Waals surface area contributed by atoms with E-state index in [1.54, 1.807) is 0 Å². The number of nitrogens with zero attached hydrogens (tertiary/aromatic N) is 3. The smallest absolute Gasteiger partial charge is 0.0494 e. The molecular weight excluding hydrogens is 761 g/mol. The summed E-state index contributed by atoms with van der Waals surface area (Å²) >= 11 is 3.53. The molecule has 0 amide bonds. The van der Waals surface area contributed by atoms with Crippen LogP contribution in [0, 0.1) is 0 Å². The lowest BCUT2D eigenvalue weighted by atomic mass is 10.0. The fourth-order valence-corrected chi connectivity index (χ4v) is 7.08. The summed E-state index contributed by atoms with van der Waals surface area (Å²) in [7, 11) is 12.3. The van der Waals surface area contributed by atoms with Gasteiger partial charge in [-0.05, 0) is 91.9 Å². The van der Waals surface area contributed by atoms with Crippen molar-refractivity contribution in [2.45, 2.75) is 67.3 Å². The second kappa shape index (κ2) is 25.5. The second-order valence-electron chi connectivity index (χ2n) is 12.9. The Kier molecular flexibility index (Phi) is 21.7. The number of para-hydroxylation sites is 2. The maximum absolute atomic E-state index is 3.53. The second-order valence-corrected chi connectivity index (χ2v) is 13.4. The van der Waals surface area contributed by atoms with Gasteiger partial charge in [0.05, 0.1) is 0 Å². The Labute approximate surface area is 353 Å². The Balaban J connectivity index is 0.000000317. The molecule has 0 fully saturated rings. The molecule has 1 N–H and O–H groups in total. The molecule has 8 rings (SSSR count). The Hall–Kier alpha value is -4.68. The lowest BCUT2D eigenvalue weighted by Crippen LogP contribution is -2.10. The first-order valence-electron chi connectivity index (χ1n) is 20.7. The van der Waals surface area contributed by atoms with E-state index in [-0.39, 0.29) is 0 Å².